The number of likely N-dealkylation sites (N-methyl/N-ethyl adjacent to an activating group) is 1. The van der Waals surface area contributed by atoms with Crippen LogP contribution in [0.3, 0.4) is 0 Å². The molecule has 35 heavy (non-hydrogen) atoms. The number of benzene rings is 3. The van der Waals surface area contributed by atoms with Gasteiger partial charge in [-0.05, 0) is 55.4 Å². The standard InChI is InChI=1S/C28H31ClN4O2/c1-20-18-22(12-13-26(20)33-16-14-32(2)15-17-33)30-27(34)19-25(21-8-4-3-5-9-21)31-28(35)23-10-6-7-11-24(23)29/h3-13,18,25H,14-17,19H2,1-2H3,(H,30,34)(H,31,35)/t25-/m0/s1. The molecule has 7 heteroatoms. The molecular formula is C28H31ClN4O2. The molecule has 0 unspecified atom stereocenters. The van der Waals surface area contributed by atoms with Gasteiger partial charge in [0.05, 0.1) is 23.0 Å². The highest BCUT2D eigenvalue weighted by Crippen LogP contribution is 2.26. The Morgan fingerprint density at radius 3 is 2.31 bits per heavy atom. The van der Waals surface area contributed by atoms with Crippen molar-refractivity contribution in [1.82, 2.24) is 10.2 Å². The monoisotopic (exact) mass is 490 g/mol. The van der Waals surface area contributed by atoms with Gasteiger partial charge in [-0.1, -0.05) is 54.1 Å². The van der Waals surface area contributed by atoms with E-state index in [-0.39, 0.29) is 18.2 Å². The maximum Gasteiger partial charge on any atom is 0.253 e. The van der Waals surface area contributed by atoms with Crippen molar-refractivity contribution >= 4 is 34.8 Å². The lowest BCUT2D eigenvalue weighted by atomic mass is 10.0. The molecule has 0 aromatic heterocycles. The summed E-state index contributed by atoms with van der Waals surface area (Å²) in [6.07, 6.45) is 0.0967. The zero-order chi connectivity index (χ0) is 24.8. The van der Waals surface area contributed by atoms with Crippen LogP contribution in [-0.2, 0) is 4.79 Å². The van der Waals surface area contributed by atoms with E-state index in [1.54, 1.807) is 24.3 Å². The van der Waals surface area contributed by atoms with E-state index in [1.807, 2.05) is 42.5 Å². The van der Waals surface area contributed by atoms with Gasteiger partial charge in [0, 0.05) is 37.6 Å². The smallest absolute Gasteiger partial charge is 0.253 e. The van der Waals surface area contributed by atoms with Gasteiger partial charge in [0.25, 0.3) is 5.91 Å². The number of carbonyl (C=O) groups is 2. The van der Waals surface area contributed by atoms with Gasteiger partial charge in [0.1, 0.15) is 0 Å². The van der Waals surface area contributed by atoms with Crippen molar-refractivity contribution in [3.63, 3.8) is 0 Å². The summed E-state index contributed by atoms with van der Waals surface area (Å²) in [6, 6.07) is 21.9. The van der Waals surface area contributed by atoms with Crippen LogP contribution in [0.1, 0.15) is 33.9 Å². The maximum atomic E-state index is 13.0. The second kappa shape index (κ2) is 11.4. The fourth-order valence-electron chi connectivity index (χ4n) is 4.35. The molecule has 0 radical (unpaired) electrons. The van der Waals surface area contributed by atoms with E-state index in [1.165, 1.54) is 5.69 Å². The minimum Gasteiger partial charge on any atom is -0.369 e. The van der Waals surface area contributed by atoms with Crippen LogP contribution < -0.4 is 15.5 Å². The molecule has 1 heterocycles. The van der Waals surface area contributed by atoms with Crippen LogP contribution in [-0.4, -0.2) is 49.9 Å². The Hall–Kier alpha value is -3.35. The second-order valence-corrected chi connectivity index (χ2v) is 9.37. The van der Waals surface area contributed by atoms with Crippen LogP contribution in [0, 0.1) is 6.92 Å². The van der Waals surface area contributed by atoms with E-state index in [4.69, 9.17) is 11.6 Å². The lowest BCUT2D eigenvalue weighted by molar-refractivity contribution is -0.116. The van der Waals surface area contributed by atoms with Crippen LogP contribution in [0.5, 0.6) is 0 Å². The highest BCUT2D eigenvalue weighted by molar-refractivity contribution is 6.33. The number of halogens is 1. The van der Waals surface area contributed by atoms with Crippen LogP contribution in [0.15, 0.2) is 72.8 Å². The normalized spacial score (nSPS) is 14.9. The summed E-state index contributed by atoms with van der Waals surface area (Å²) in [5.74, 6) is -0.491. The molecular weight excluding hydrogens is 460 g/mol. The van der Waals surface area contributed by atoms with Crippen molar-refractivity contribution in [2.24, 2.45) is 0 Å². The van der Waals surface area contributed by atoms with Gasteiger partial charge in [-0.2, -0.15) is 0 Å². The summed E-state index contributed by atoms with van der Waals surface area (Å²) in [6.45, 7) is 6.14. The van der Waals surface area contributed by atoms with Crippen LogP contribution >= 0.6 is 11.6 Å². The second-order valence-electron chi connectivity index (χ2n) is 8.96. The van der Waals surface area contributed by atoms with E-state index >= 15 is 0 Å². The first-order chi connectivity index (χ1) is 16.9. The highest BCUT2D eigenvalue weighted by atomic mass is 35.5. The van der Waals surface area contributed by atoms with Crippen LogP contribution in [0.25, 0.3) is 0 Å². The first kappa shape index (κ1) is 24.8. The first-order valence-corrected chi connectivity index (χ1v) is 12.2. The molecule has 4 rings (SSSR count). The van der Waals surface area contributed by atoms with Gasteiger partial charge in [0.15, 0.2) is 0 Å². The highest BCUT2D eigenvalue weighted by Gasteiger charge is 2.21. The summed E-state index contributed by atoms with van der Waals surface area (Å²) in [4.78, 5) is 30.6. The maximum absolute atomic E-state index is 13.0. The number of anilines is 2. The van der Waals surface area contributed by atoms with Gasteiger partial charge < -0.3 is 20.4 Å². The molecule has 0 saturated carbocycles. The number of aryl methyl sites for hydroxylation is 1. The summed E-state index contributed by atoms with van der Waals surface area (Å²) in [5, 5.41) is 6.35. The third-order valence-corrected chi connectivity index (χ3v) is 6.67. The Labute approximate surface area is 211 Å². The molecule has 1 aliphatic heterocycles. The lowest BCUT2D eigenvalue weighted by Crippen LogP contribution is -2.44. The van der Waals surface area contributed by atoms with E-state index in [0.717, 1.165) is 43.0 Å². The third kappa shape index (κ3) is 6.41. The Morgan fingerprint density at radius 2 is 1.63 bits per heavy atom. The number of hydrogen-bond acceptors (Lipinski definition) is 4. The van der Waals surface area contributed by atoms with Gasteiger partial charge in [-0.3, -0.25) is 9.59 Å². The minimum absolute atomic E-state index is 0.0967. The van der Waals surface area contributed by atoms with Crippen LogP contribution in [0.2, 0.25) is 5.02 Å². The number of carbonyl (C=O) groups excluding carboxylic acids is 2. The number of nitrogens with one attached hydrogen (secondary N) is 2. The van der Waals surface area contributed by atoms with Crippen molar-refractivity contribution in [3.8, 4) is 0 Å². The molecule has 182 valence electrons. The Morgan fingerprint density at radius 1 is 0.943 bits per heavy atom. The summed E-state index contributed by atoms with van der Waals surface area (Å²) < 4.78 is 0. The number of piperazine rings is 1. The van der Waals surface area contributed by atoms with Gasteiger partial charge in [0.2, 0.25) is 5.91 Å². The fourth-order valence-corrected chi connectivity index (χ4v) is 4.57. The van der Waals surface area contributed by atoms with Crippen molar-refractivity contribution in [1.29, 1.82) is 0 Å². The topological polar surface area (TPSA) is 64.7 Å². The summed E-state index contributed by atoms with van der Waals surface area (Å²) >= 11 is 6.21. The van der Waals surface area contributed by atoms with E-state index in [2.05, 4.69) is 40.5 Å². The number of nitrogens with zero attached hydrogens (tertiary/aromatic N) is 2. The molecule has 1 fully saturated rings. The van der Waals surface area contributed by atoms with Gasteiger partial charge >= 0.3 is 0 Å². The largest absolute Gasteiger partial charge is 0.369 e. The zero-order valence-corrected chi connectivity index (χ0v) is 20.9. The van der Waals surface area contributed by atoms with E-state index < -0.39 is 6.04 Å². The SMILES string of the molecule is Cc1cc(NC(=O)C[C@H](NC(=O)c2ccccc2Cl)c2ccccc2)ccc1N1CCN(C)CC1. The van der Waals surface area contributed by atoms with Crippen molar-refractivity contribution < 1.29 is 9.59 Å². The Balaban J connectivity index is 1.45. The quantitative estimate of drug-likeness (QED) is 0.494. The molecule has 0 spiro atoms. The fraction of sp³-hybridized carbons (Fsp3) is 0.286. The Bertz CT molecular complexity index is 1180. The van der Waals surface area contributed by atoms with E-state index in [9.17, 15) is 9.59 Å². The number of hydrogen-bond donors (Lipinski definition) is 2. The molecule has 2 N–H and O–H groups in total. The molecule has 1 aliphatic rings. The molecule has 0 aliphatic carbocycles. The first-order valence-electron chi connectivity index (χ1n) is 11.8. The van der Waals surface area contributed by atoms with Crippen molar-refractivity contribution in [3.05, 3.63) is 94.5 Å². The predicted octanol–water partition coefficient (Wildman–Crippen LogP) is 4.90. The lowest BCUT2D eigenvalue weighted by Gasteiger charge is -2.35. The van der Waals surface area contributed by atoms with E-state index in [0.29, 0.717) is 10.6 Å². The predicted molar refractivity (Wildman–Crippen MR) is 142 cm³/mol. The minimum atomic E-state index is -0.495. The molecule has 0 bridgehead atoms. The van der Waals surface area contributed by atoms with Crippen molar-refractivity contribution in [2.75, 3.05) is 43.4 Å². The molecule has 1 atom stereocenters. The van der Waals surface area contributed by atoms with Gasteiger partial charge in [-0.25, -0.2) is 0 Å². The number of amides is 2. The molecule has 3 aromatic rings. The van der Waals surface area contributed by atoms with Crippen molar-refractivity contribution in [2.45, 2.75) is 19.4 Å². The zero-order valence-electron chi connectivity index (χ0n) is 20.1. The average molecular weight is 491 g/mol. The molecule has 1 saturated heterocycles. The summed E-state index contributed by atoms with van der Waals surface area (Å²) in [7, 11) is 2.14. The Kier molecular flexibility index (Phi) is 8.06. The van der Waals surface area contributed by atoms with Gasteiger partial charge in [-0.15, -0.1) is 0 Å². The molecule has 2 amide bonds. The average Bonchev–Trinajstić information content (AvgIpc) is 2.85. The summed E-state index contributed by atoms with van der Waals surface area (Å²) in [5.41, 5.74) is 4.30. The molecule has 3 aromatic carbocycles. The van der Waals surface area contributed by atoms with Crippen LogP contribution in [0.4, 0.5) is 11.4 Å². The third-order valence-electron chi connectivity index (χ3n) is 6.34. The molecule has 6 nitrogen and oxygen atoms in total. The number of rotatable bonds is 7.